The van der Waals surface area contributed by atoms with Gasteiger partial charge in [-0.2, -0.15) is 0 Å². The predicted octanol–water partition coefficient (Wildman–Crippen LogP) is 2.24. The number of phenols is 1. The summed E-state index contributed by atoms with van der Waals surface area (Å²) < 4.78 is 0. The van der Waals surface area contributed by atoms with Crippen molar-refractivity contribution in [1.29, 1.82) is 0 Å². The highest BCUT2D eigenvalue weighted by Crippen LogP contribution is 2.37. The molecule has 1 aromatic carbocycles. The first kappa shape index (κ1) is 11.1. The number of aromatic nitrogens is 2. The maximum absolute atomic E-state index is 10.9. The van der Waals surface area contributed by atoms with Crippen molar-refractivity contribution in [1.82, 2.24) is 9.97 Å². The number of imidazole rings is 1. The molecule has 1 aliphatic rings. The topological polar surface area (TPSA) is 86.2 Å². The van der Waals surface area contributed by atoms with Crippen LogP contribution in [0.3, 0.4) is 0 Å². The first-order valence-corrected chi connectivity index (χ1v) is 6.05. The first-order valence-electron chi connectivity index (χ1n) is 6.05. The molecule has 0 aliphatic heterocycles. The highest BCUT2D eigenvalue weighted by Gasteiger charge is 2.32. The molecule has 5 heteroatoms. The minimum atomic E-state index is -0.716. The summed E-state index contributed by atoms with van der Waals surface area (Å²) in [5.41, 5.74) is 1.60. The van der Waals surface area contributed by atoms with Crippen molar-refractivity contribution in [2.45, 2.75) is 25.2 Å². The summed E-state index contributed by atoms with van der Waals surface area (Å²) in [6.07, 6.45) is 2.20. The molecular weight excluding hydrogens is 232 g/mol. The standard InChI is InChI=1S/C13H14N2O3/c16-9-3-4-10-11(6-9)15-12(14-10)7-1-2-8(5-7)13(17)18/h3-4,6-8,16H,1-2,5H2,(H,14,15)(H,17,18). The zero-order valence-electron chi connectivity index (χ0n) is 9.76. The molecule has 0 amide bonds. The van der Waals surface area contributed by atoms with Gasteiger partial charge in [0.05, 0.1) is 17.0 Å². The number of carboxylic acid groups (broad SMARTS) is 1. The Balaban J connectivity index is 1.89. The molecule has 1 saturated carbocycles. The Bertz CT molecular complexity index is 605. The van der Waals surface area contributed by atoms with Gasteiger partial charge in [-0.1, -0.05) is 0 Å². The molecule has 2 unspecified atom stereocenters. The molecule has 0 spiro atoms. The van der Waals surface area contributed by atoms with Crippen molar-refractivity contribution < 1.29 is 15.0 Å². The van der Waals surface area contributed by atoms with E-state index in [0.717, 1.165) is 23.3 Å². The third kappa shape index (κ3) is 1.81. The highest BCUT2D eigenvalue weighted by molar-refractivity contribution is 5.77. The lowest BCUT2D eigenvalue weighted by Crippen LogP contribution is -2.09. The first-order chi connectivity index (χ1) is 8.63. The summed E-state index contributed by atoms with van der Waals surface area (Å²) in [6, 6.07) is 4.99. The minimum Gasteiger partial charge on any atom is -0.508 e. The number of carboxylic acids is 1. The number of aromatic amines is 1. The Morgan fingerprint density at radius 2 is 2.22 bits per heavy atom. The van der Waals surface area contributed by atoms with Crippen LogP contribution in [0.4, 0.5) is 0 Å². The van der Waals surface area contributed by atoms with Gasteiger partial charge in [-0.3, -0.25) is 4.79 Å². The largest absolute Gasteiger partial charge is 0.508 e. The molecule has 94 valence electrons. The zero-order valence-corrected chi connectivity index (χ0v) is 9.76. The molecule has 1 aliphatic carbocycles. The smallest absolute Gasteiger partial charge is 0.306 e. The number of rotatable bonds is 2. The van der Waals surface area contributed by atoms with E-state index in [2.05, 4.69) is 9.97 Å². The van der Waals surface area contributed by atoms with Crippen molar-refractivity contribution in [3.05, 3.63) is 24.0 Å². The SMILES string of the molecule is O=C(O)C1CCC(c2nc3ccc(O)cc3[nH]2)C1. The van der Waals surface area contributed by atoms with Gasteiger partial charge in [0.15, 0.2) is 0 Å². The molecule has 18 heavy (non-hydrogen) atoms. The number of nitrogens with zero attached hydrogens (tertiary/aromatic N) is 1. The Morgan fingerprint density at radius 3 is 2.94 bits per heavy atom. The number of carbonyl (C=O) groups is 1. The second-order valence-corrected chi connectivity index (χ2v) is 4.87. The van der Waals surface area contributed by atoms with Gasteiger partial charge in [0.2, 0.25) is 0 Å². The van der Waals surface area contributed by atoms with Gasteiger partial charge in [0.25, 0.3) is 0 Å². The van der Waals surface area contributed by atoms with Gasteiger partial charge in [0, 0.05) is 12.0 Å². The lowest BCUT2D eigenvalue weighted by atomic mass is 10.0. The summed E-state index contributed by atoms with van der Waals surface area (Å²) in [5.74, 6) is 0.246. The fourth-order valence-corrected chi connectivity index (χ4v) is 2.66. The number of hydrogen-bond acceptors (Lipinski definition) is 3. The fraction of sp³-hybridized carbons (Fsp3) is 0.385. The van der Waals surface area contributed by atoms with Gasteiger partial charge >= 0.3 is 5.97 Å². The molecule has 1 aromatic heterocycles. The molecule has 0 saturated heterocycles. The summed E-state index contributed by atoms with van der Waals surface area (Å²) in [4.78, 5) is 18.6. The van der Waals surface area contributed by atoms with Gasteiger partial charge < -0.3 is 15.2 Å². The van der Waals surface area contributed by atoms with Crippen LogP contribution in [0.5, 0.6) is 5.75 Å². The summed E-state index contributed by atoms with van der Waals surface area (Å²) in [7, 11) is 0. The number of aromatic hydroxyl groups is 1. The van der Waals surface area contributed by atoms with Crippen LogP contribution < -0.4 is 0 Å². The Kier molecular flexibility index (Phi) is 2.47. The number of benzene rings is 1. The quantitative estimate of drug-likeness (QED) is 0.758. The Hall–Kier alpha value is -2.04. The summed E-state index contributed by atoms with van der Waals surface area (Å²) >= 11 is 0. The summed E-state index contributed by atoms with van der Waals surface area (Å²) in [5, 5.41) is 18.4. The van der Waals surface area contributed by atoms with E-state index in [4.69, 9.17) is 5.11 Å². The Morgan fingerprint density at radius 1 is 1.39 bits per heavy atom. The molecule has 1 heterocycles. The number of aliphatic carboxylic acids is 1. The van der Waals surface area contributed by atoms with Crippen LogP contribution in [0.15, 0.2) is 18.2 Å². The highest BCUT2D eigenvalue weighted by atomic mass is 16.4. The summed E-state index contributed by atoms with van der Waals surface area (Å²) in [6.45, 7) is 0. The Labute approximate surface area is 103 Å². The zero-order chi connectivity index (χ0) is 12.7. The van der Waals surface area contributed by atoms with E-state index >= 15 is 0 Å². The van der Waals surface area contributed by atoms with Crippen LogP contribution in [0.2, 0.25) is 0 Å². The van der Waals surface area contributed by atoms with Gasteiger partial charge in [-0.05, 0) is 31.4 Å². The van der Waals surface area contributed by atoms with E-state index in [9.17, 15) is 9.90 Å². The second kappa shape index (κ2) is 4.01. The average Bonchev–Trinajstić information content (AvgIpc) is 2.93. The monoisotopic (exact) mass is 246 g/mol. The number of hydrogen-bond donors (Lipinski definition) is 3. The average molecular weight is 246 g/mol. The maximum Gasteiger partial charge on any atom is 0.306 e. The van der Waals surface area contributed by atoms with Crippen molar-refractivity contribution in [2.24, 2.45) is 5.92 Å². The van der Waals surface area contributed by atoms with Gasteiger partial charge in [0.1, 0.15) is 11.6 Å². The second-order valence-electron chi connectivity index (χ2n) is 4.87. The molecule has 0 radical (unpaired) electrons. The lowest BCUT2D eigenvalue weighted by Gasteiger charge is -2.04. The predicted molar refractivity (Wildman–Crippen MR) is 65.5 cm³/mol. The van der Waals surface area contributed by atoms with E-state index in [0.29, 0.717) is 12.8 Å². The van der Waals surface area contributed by atoms with Crippen molar-refractivity contribution in [3.8, 4) is 5.75 Å². The molecule has 5 nitrogen and oxygen atoms in total. The molecule has 2 aromatic rings. The van der Waals surface area contributed by atoms with Crippen LogP contribution in [0.1, 0.15) is 31.0 Å². The van der Waals surface area contributed by atoms with Crippen molar-refractivity contribution >= 4 is 17.0 Å². The third-order valence-electron chi connectivity index (χ3n) is 3.65. The molecule has 1 fully saturated rings. The molecular formula is C13H14N2O3. The van der Waals surface area contributed by atoms with Gasteiger partial charge in [-0.15, -0.1) is 0 Å². The number of fused-ring (bicyclic) bond motifs is 1. The van der Waals surface area contributed by atoms with Crippen LogP contribution in [-0.4, -0.2) is 26.2 Å². The van der Waals surface area contributed by atoms with Crippen molar-refractivity contribution in [3.63, 3.8) is 0 Å². The molecule has 3 N–H and O–H groups in total. The van der Waals surface area contributed by atoms with E-state index in [-0.39, 0.29) is 17.6 Å². The van der Waals surface area contributed by atoms with Crippen molar-refractivity contribution in [2.75, 3.05) is 0 Å². The number of nitrogens with one attached hydrogen (secondary N) is 1. The lowest BCUT2D eigenvalue weighted by molar-refractivity contribution is -0.141. The van der Waals surface area contributed by atoms with Gasteiger partial charge in [-0.25, -0.2) is 4.98 Å². The minimum absolute atomic E-state index is 0.181. The third-order valence-corrected chi connectivity index (χ3v) is 3.65. The number of phenolic OH excluding ortho intramolecular Hbond substituents is 1. The number of H-pyrrole nitrogens is 1. The fourth-order valence-electron chi connectivity index (χ4n) is 2.66. The molecule has 3 rings (SSSR count). The van der Waals surface area contributed by atoms with Crippen LogP contribution in [-0.2, 0) is 4.79 Å². The van der Waals surface area contributed by atoms with E-state index in [1.807, 2.05) is 0 Å². The van der Waals surface area contributed by atoms with E-state index in [1.165, 1.54) is 0 Å². The molecule has 2 atom stereocenters. The van der Waals surface area contributed by atoms with E-state index in [1.54, 1.807) is 18.2 Å². The van der Waals surface area contributed by atoms with Crippen LogP contribution >= 0.6 is 0 Å². The maximum atomic E-state index is 10.9. The van der Waals surface area contributed by atoms with E-state index < -0.39 is 5.97 Å². The van der Waals surface area contributed by atoms with Crippen LogP contribution in [0.25, 0.3) is 11.0 Å². The van der Waals surface area contributed by atoms with Crippen LogP contribution in [0, 0.1) is 5.92 Å². The molecule has 0 bridgehead atoms. The normalized spacial score (nSPS) is 23.6.